The number of piperazine rings is 1. The van der Waals surface area contributed by atoms with Crippen molar-refractivity contribution < 1.29 is 0 Å². The second-order valence-electron chi connectivity index (χ2n) is 7.53. The quantitative estimate of drug-likeness (QED) is 0.318. The van der Waals surface area contributed by atoms with Gasteiger partial charge < -0.3 is 15.5 Å². The summed E-state index contributed by atoms with van der Waals surface area (Å²) in [5.74, 6) is 0.868. The van der Waals surface area contributed by atoms with E-state index in [1.807, 2.05) is 0 Å². The Morgan fingerprint density at radius 1 is 1.13 bits per heavy atom. The van der Waals surface area contributed by atoms with E-state index in [-0.39, 0.29) is 24.0 Å². The molecule has 166 valence electrons. The fraction of sp³-hybridized carbons (Fsp3) is 0.545. The van der Waals surface area contributed by atoms with Crippen molar-refractivity contribution in [3.05, 3.63) is 45.9 Å². The molecule has 1 aromatic heterocycles. The third kappa shape index (κ3) is 7.09. The topological polar surface area (TPSA) is 55.8 Å². The molecular weight excluding hydrogens is 507 g/mol. The summed E-state index contributed by atoms with van der Waals surface area (Å²) in [6.45, 7) is 15.2. The molecule has 1 aliphatic rings. The molecule has 1 saturated heterocycles. The number of para-hydroxylation sites is 1. The molecule has 2 aromatic rings. The van der Waals surface area contributed by atoms with Gasteiger partial charge >= 0.3 is 0 Å². The lowest BCUT2D eigenvalue weighted by atomic mass is 10.2. The first-order chi connectivity index (χ1) is 14.1. The standard InChI is InChI=1S/C22H34N6S.HI/c1-5-23-22(25-16-21-26-18(3)19(4)29-21)24-15-17(2)27-11-13-28(14-12-27)20-9-7-6-8-10-20;/h6-10,17H,5,11-16H2,1-4H3,(H2,23,24,25);1H. The van der Waals surface area contributed by atoms with Crippen LogP contribution in [0.5, 0.6) is 0 Å². The van der Waals surface area contributed by atoms with Gasteiger partial charge in [0.1, 0.15) is 5.01 Å². The Kier molecular flexibility index (Phi) is 10.3. The Morgan fingerprint density at radius 2 is 1.83 bits per heavy atom. The highest BCUT2D eigenvalue weighted by Gasteiger charge is 2.21. The van der Waals surface area contributed by atoms with Crippen LogP contribution >= 0.6 is 35.3 Å². The molecular formula is C22H35IN6S. The van der Waals surface area contributed by atoms with Crippen LogP contribution in [0.1, 0.15) is 29.4 Å². The van der Waals surface area contributed by atoms with Crippen LogP contribution in [0.15, 0.2) is 35.3 Å². The van der Waals surface area contributed by atoms with Crippen LogP contribution in [0.25, 0.3) is 0 Å². The summed E-state index contributed by atoms with van der Waals surface area (Å²) in [5.41, 5.74) is 2.44. The van der Waals surface area contributed by atoms with Crippen molar-refractivity contribution in [3.8, 4) is 0 Å². The van der Waals surface area contributed by atoms with Gasteiger partial charge in [-0.05, 0) is 39.8 Å². The van der Waals surface area contributed by atoms with E-state index in [1.54, 1.807) is 11.3 Å². The van der Waals surface area contributed by atoms with Crippen molar-refractivity contribution >= 4 is 47.0 Å². The van der Waals surface area contributed by atoms with Crippen molar-refractivity contribution in [2.45, 2.75) is 40.3 Å². The molecule has 3 rings (SSSR count). The molecule has 0 bridgehead atoms. The molecule has 2 heterocycles. The summed E-state index contributed by atoms with van der Waals surface area (Å²) in [7, 11) is 0. The number of aromatic nitrogens is 1. The van der Waals surface area contributed by atoms with Gasteiger partial charge in [-0.25, -0.2) is 9.98 Å². The maximum Gasteiger partial charge on any atom is 0.191 e. The van der Waals surface area contributed by atoms with Crippen LogP contribution in [0.2, 0.25) is 0 Å². The van der Waals surface area contributed by atoms with Crippen LogP contribution in [0.4, 0.5) is 5.69 Å². The minimum Gasteiger partial charge on any atom is -0.369 e. The van der Waals surface area contributed by atoms with Gasteiger partial charge in [0.15, 0.2) is 5.96 Å². The van der Waals surface area contributed by atoms with Crippen molar-refractivity contribution in [2.24, 2.45) is 4.99 Å². The van der Waals surface area contributed by atoms with E-state index < -0.39 is 0 Å². The Morgan fingerprint density at radius 3 is 2.43 bits per heavy atom. The first-order valence-electron chi connectivity index (χ1n) is 10.6. The van der Waals surface area contributed by atoms with Gasteiger partial charge in [-0.15, -0.1) is 35.3 Å². The number of hydrogen-bond acceptors (Lipinski definition) is 5. The van der Waals surface area contributed by atoms with Crippen molar-refractivity contribution in [1.82, 2.24) is 20.5 Å². The minimum absolute atomic E-state index is 0. The summed E-state index contributed by atoms with van der Waals surface area (Å²) in [6, 6.07) is 11.2. The van der Waals surface area contributed by atoms with E-state index in [9.17, 15) is 0 Å². The lowest BCUT2D eigenvalue weighted by Gasteiger charge is -2.39. The summed E-state index contributed by atoms with van der Waals surface area (Å²) >= 11 is 1.73. The molecule has 30 heavy (non-hydrogen) atoms. The first-order valence-corrected chi connectivity index (χ1v) is 11.4. The van der Waals surface area contributed by atoms with Gasteiger partial charge in [-0.3, -0.25) is 4.90 Å². The second kappa shape index (κ2) is 12.5. The van der Waals surface area contributed by atoms with E-state index in [0.29, 0.717) is 12.6 Å². The molecule has 0 radical (unpaired) electrons. The molecule has 0 aliphatic carbocycles. The van der Waals surface area contributed by atoms with E-state index in [4.69, 9.17) is 4.99 Å². The number of thiazole rings is 1. The highest BCUT2D eigenvalue weighted by Crippen LogP contribution is 2.17. The molecule has 6 nitrogen and oxygen atoms in total. The van der Waals surface area contributed by atoms with E-state index in [1.165, 1.54) is 10.6 Å². The molecule has 8 heteroatoms. The molecule has 0 amide bonds. The number of anilines is 1. The number of halogens is 1. The Balaban J connectivity index is 0.00000320. The number of nitrogens with one attached hydrogen (secondary N) is 2. The third-order valence-corrected chi connectivity index (χ3v) is 6.47. The molecule has 1 aliphatic heterocycles. The molecule has 1 aromatic carbocycles. The summed E-state index contributed by atoms with van der Waals surface area (Å²) in [4.78, 5) is 15.6. The number of hydrogen-bond donors (Lipinski definition) is 2. The number of aryl methyl sites for hydroxylation is 2. The zero-order valence-corrected chi connectivity index (χ0v) is 21.7. The monoisotopic (exact) mass is 542 g/mol. The van der Waals surface area contributed by atoms with Gasteiger partial charge in [0, 0.05) is 55.9 Å². The molecule has 2 N–H and O–H groups in total. The van der Waals surface area contributed by atoms with E-state index in [0.717, 1.165) is 55.9 Å². The Hall–Kier alpha value is -1.39. The summed E-state index contributed by atoms with van der Waals surface area (Å²) in [6.07, 6.45) is 0. The Labute approximate surface area is 202 Å². The maximum atomic E-state index is 4.72. The van der Waals surface area contributed by atoms with Gasteiger partial charge in [-0.2, -0.15) is 0 Å². The molecule has 1 unspecified atom stereocenters. The Bertz CT molecular complexity index is 767. The number of nitrogens with zero attached hydrogens (tertiary/aromatic N) is 4. The predicted molar refractivity (Wildman–Crippen MR) is 140 cm³/mol. The van der Waals surface area contributed by atoms with E-state index >= 15 is 0 Å². The fourth-order valence-corrected chi connectivity index (χ4v) is 4.39. The highest BCUT2D eigenvalue weighted by molar-refractivity contribution is 14.0. The summed E-state index contributed by atoms with van der Waals surface area (Å²) in [5, 5.41) is 7.93. The maximum absolute atomic E-state index is 4.72. The van der Waals surface area contributed by atoms with Crippen molar-refractivity contribution in [2.75, 3.05) is 44.2 Å². The van der Waals surface area contributed by atoms with Crippen LogP contribution in [0, 0.1) is 13.8 Å². The predicted octanol–water partition coefficient (Wildman–Crippen LogP) is 3.64. The average molecular weight is 543 g/mol. The minimum atomic E-state index is 0. The fourth-order valence-electron chi connectivity index (χ4n) is 3.53. The number of benzene rings is 1. The lowest BCUT2D eigenvalue weighted by Crippen LogP contribution is -2.53. The number of rotatable bonds is 7. The van der Waals surface area contributed by atoms with Crippen LogP contribution < -0.4 is 15.5 Å². The average Bonchev–Trinajstić information content (AvgIpc) is 3.08. The third-order valence-electron chi connectivity index (χ3n) is 5.41. The zero-order valence-electron chi connectivity index (χ0n) is 18.5. The molecule has 1 fully saturated rings. The largest absolute Gasteiger partial charge is 0.369 e. The van der Waals surface area contributed by atoms with Gasteiger partial charge in [0.25, 0.3) is 0 Å². The SMILES string of the molecule is CCNC(=NCc1nc(C)c(C)s1)NCC(C)N1CCN(c2ccccc2)CC1.I. The second-order valence-corrected chi connectivity index (χ2v) is 8.82. The van der Waals surface area contributed by atoms with Gasteiger partial charge in [0.2, 0.25) is 0 Å². The lowest BCUT2D eigenvalue weighted by molar-refractivity contribution is 0.197. The van der Waals surface area contributed by atoms with Crippen molar-refractivity contribution in [3.63, 3.8) is 0 Å². The summed E-state index contributed by atoms with van der Waals surface area (Å²) < 4.78 is 0. The smallest absolute Gasteiger partial charge is 0.191 e. The normalized spacial score (nSPS) is 16.1. The molecule has 0 saturated carbocycles. The number of guanidine groups is 1. The first kappa shape index (κ1) is 24.9. The molecule has 0 spiro atoms. The zero-order chi connectivity index (χ0) is 20.6. The van der Waals surface area contributed by atoms with Crippen LogP contribution in [0.3, 0.4) is 0 Å². The highest BCUT2D eigenvalue weighted by atomic mass is 127. The van der Waals surface area contributed by atoms with Gasteiger partial charge in [0.05, 0.1) is 12.2 Å². The number of aliphatic imine (C=N–C) groups is 1. The molecule has 1 atom stereocenters. The van der Waals surface area contributed by atoms with Crippen LogP contribution in [-0.4, -0.2) is 61.2 Å². The van der Waals surface area contributed by atoms with Crippen molar-refractivity contribution in [1.29, 1.82) is 0 Å². The van der Waals surface area contributed by atoms with Crippen LogP contribution in [-0.2, 0) is 6.54 Å². The van der Waals surface area contributed by atoms with E-state index in [2.05, 4.69) is 83.4 Å². The van der Waals surface area contributed by atoms with Gasteiger partial charge in [-0.1, -0.05) is 18.2 Å².